The second-order valence-corrected chi connectivity index (χ2v) is 11.3. The number of aliphatic carboxylic acids is 2. The highest BCUT2D eigenvalue weighted by Gasteiger charge is 2.52. The van der Waals surface area contributed by atoms with Crippen molar-refractivity contribution in [2.45, 2.75) is 52.7 Å². The van der Waals surface area contributed by atoms with Gasteiger partial charge in [0.1, 0.15) is 29.5 Å². The molecule has 0 aliphatic carbocycles. The van der Waals surface area contributed by atoms with Crippen molar-refractivity contribution in [2.24, 2.45) is 5.41 Å². The van der Waals surface area contributed by atoms with Gasteiger partial charge in [-0.25, -0.2) is 4.98 Å². The van der Waals surface area contributed by atoms with Crippen LogP contribution in [0, 0.1) is 12.3 Å². The SMILES string of the molecule is CCC(c1cn(Cc2ccc(OCc3nc(-c4ccccc4)oc3C)cc2)nc1-c1cccs1)C(CC)(C(=O)O)C(=O)O. The molecule has 9 nitrogen and oxygen atoms in total. The van der Waals surface area contributed by atoms with Crippen molar-refractivity contribution in [1.29, 1.82) is 0 Å². The Kier molecular flexibility index (Phi) is 8.77. The summed E-state index contributed by atoms with van der Waals surface area (Å²) in [5, 5.41) is 26.9. The molecule has 3 aromatic heterocycles. The molecule has 2 aromatic carbocycles. The first-order valence-corrected chi connectivity index (χ1v) is 15.0. The number of carboxylic acid groups (broad SMARTS) is 2. The molecule has 5 rings (SSSR count). The number of rotatable bonds is 13. The van der Waals surface area contributed by atoms with Gasteiger partial charge in [0, 0.05) is 23.2 Å². The standard InChI is InChI=1S/C33H33N3O6S/c1-4-26(33(5-2,31(37)38)32(39)40)25-19-36(35-29(25)28-12-9-17-43-28)18-22-13-15-24(16-14-22)41-20-27-21(3)42-30(34-27)23-10-7-6-8-11-23/h6-17,19,26H,4-5,18,20H2,1-3H3,(H,37,38)(H,39,40). The van der Waals surface area contributed by atoms with Crippen molar-refractivity contribution < 1.29 is 29.0 Å². The summed E-state index contributed by atoms with van der Waals surface area (Å²) in [6.07, 6.45) is 2.08. The van der Waals surface area contributed by atoms with Gasteiger partial charge in [0.15, 0.2) is 5.41 Å². The fraction of sp³-hybridized carbons (Fsp3) is 0.273. The quantitative estimate of drug-likeness (QED) is 0.135. The predicted molar refractivity (Wildman–Crippen MR) is 163 cm³/mol. The summed E-state index contributed by atoms with van der Waals surface area (Å²) < 4.78 is 13.6. The first-order chi connectivity index (χ1) is 20.8. The van der Waals surface area contributed by atoms with Crippen LogP contribution in [0.3, 0.4) is 0 Å². The average molecular weight is 600 g/mol. The zero-order valence-electron chi connectivity index (χ0n) is 24.2. The molecular formula is C33H33N3O6S. The van der Waals surface area contributed by atoms with Crippen molar-refractivity contribution in [2.75, 3.05) is 0 Å². The summed E-state index contributed by atoms with van der Waals surface area (Å²) in [5.74, 6) is -1.51. The average Bonchev–Trinajstić information content (AvgIpc) is 3.76. The number of ether oxygens (including phenoxy) is 1. The second-order valence-electron chi connectivity index (χ2n) is 10.3. The first kappa shape index (κ1) is 29.8. The summed E-state index contributed by atoms with van der Waals surface area (Å²) in [7, 11) is 0. The van der Waals surface area contributed by atoms with Gasteiger partial charge in [0.25, 0.3) is 0 Å². The number of hydrogen-bond donors (Lipinski definition) is 2. The maximum atomic E-state index is 12.4. The summed E-state index contributed by atoms with van der Waals surface area (Å²) in [4.78, 5) is 30.2. The van der Waals surface area contributed by atoms with Crippen molar-refractivity contribution >= 4 is 23.3 Å². The van der Waals surface area contributed by atoms with E-state index in [9.17, 15) is 19.8 Å². The lowest BCUT2D eigenvalue weighted by Crippen LogP contribution is -2.44. The second kappa shape index (κ2) is 12.7. The number of nitrogens with zero attached hydrogens (tertiary/aromatic N) is 3. The van der Waals surface area contributed by atoms with E-state index >= 15 is 0 Å². The molecule has 0 aliphatic heterocycles. The molecular weight excluding hydrogens is 566 g/mol. The third-order valence-corrected chi connectivity index (χ3v) is 8.68. The number of oxazole rings is 1. The van der Waals surface area contributed by atoms with Crippen LogP contribution in [0.5, 0.6) is 5.75 Å². The molecule has 1 unspecified atom stereocenters. The molecule has 5 aromatic rings. The summed E-state index contributed by atoms with van der Waals surface area (Å²) in [5.41, 5.74) is 1.85. The van der Waals surface area contributed by atoms with Crippen molar-refractivity contribution in [1.82, 2.24) is 14.8 Å². The highest BCUT2D eigenvalue weighted by molar-refractivity contribution is 7.13. The van der Waals surface area contributed by atoms with Crippen LogP contribution in [-0.4, -0.2) is 36.9 Å². The summed E-state index contributed by atoms with van der Waals surface area (Å²) in [6.45, 7) is 5.97. The predicted octanol–water partition coefficient (Wildman–Crippen LogP) is 7.26. The third kappa shape index (κ3) is 5.96. The van der Waals surface area contributed by atoms with Crippen LogP contribution < -0.4 is 4.74 Å². The number of thiophene rings is 1. The molecule has 1 atom stereocenters. The smallest absolute Gasteiger partial charge is 0.321 e. The molecule has 0 bridgehead atoms. The Labute approximate surface area is 253 Å². The molecule has 43 heavy (non-hydrogen) atoms. The Morgan fingerprint density at radius 2 is 1.74 bits per heavy atom. The fourth-order valence-corrected chi connectivity index (χ4v) is 6.18. The molecule has 222 valence electrons. The number of hydrogen-bond acceptors (Lipinski definition) is 7. The van der Waals surface area contributed by atoms with Gasteiger partial charge in [-0.1, -0.05) is 50.2 Å². The Bertz CT molecular complexity index is 1680. The maximum absolute atomic E-state index is 12.4. The largest absolute Gasteiger partial charge is 0.487 e. The van der Waals surface area contributed by atoms with Crippen LogP contribution in [0.1, 0.15) is 55.2 Å². The van der Waals surface area contributed by atoms with Crippen molar-refractivity contribution in [3.8, 4) is 27.8 Å². The van der Waals surface area contributed by atoms with Gasteiger partial charge in [0.05, 0.1) is 11.4 Å². The fourth-order valence-electron chi connectivity index (χ4n) is 5.45. The minimum absolute atomic E-state index is 0.0475. The molecule has 0 fully saturated rings. The molecule has 3 heterocycles. The van der Waals surface area contributed by atoms with Crippen LogP contribution >= 0.6 is 11.3 Å². The van der Waals surface area contributed by atoms with Gasteiger partial charge in [-0.15, -0.1) is 11.3 Å². The van der Waals surface area contributed by atoms with E-state index in [-0.39, 0.29) is 13.0 Å². The minimum Gasteiger partial charge on any atom is -0.487 e. The lowest BCUT2D eigenvalue weighted by atomic mass is 9.69. The monoisotopic (exact) mass is 599 g/mol. The van der Waals surface area contributed by atoms with Gasteiger partial charge >= 0.3 is 11.9 Å². The van der Waals surface area contributed by atoms with E-state index in [1.807, 2.05) is 86.0 Å². The van der Waals surface area contributed by atoms with Crippen LogP contribution in [-0.2, 0) is 22.7 Å². The van der Waals surface area contributed by atoms with E-state index in [0.29, 0.717) is 41.6 Å². The summed E-state index contributed by atoms with van der Waals surface area (Å²) in [6, 6.07) is 21.1. The molecule has 0 amide bonds. The molecule has 0 spiro atoms. The maximum Gasteiger partial charge on any atom is 0.321 e. The molecule has 0 saturated carbocycles. The minimum atomic E-state index is -1.96. The Hall–Kier alpha value is -4.70. The Balaban J connectivity index is 1.35. The van der Waals surface area contributed by atoms with Crippen molar-refractivity contribution in [3.05, 3.63) is 101 Å². The number of carbonyl (C=O) groups is 2. The zero-order chi connectivity index (χ0) is 30.6. The normalized spacial score (nSPS) is 12.3. The molecule has 0 saturated heterocycles. The molecule has 10 heteroatoms. The van der Waals surface area contributed by atoms with Gasteiger partial charge < -0.3 is 19.4 Å². The number of aryl methyl sites for hydroxylation is 1. The molecule has 0 radical (unpaired) electrons. The van der Waals surface area contributed by atoms with Crippen LogP contribution in [0.15, 0.2) is 82.7 Å². The van der Waals surface area contributed by atoms with Gasteiger partial charge in [-0.3, -0.25) is 14.3 Å². The lowest BCUT2D eigenvalue weighted by Gasteiger charge is -2.32. The van der Waals surface area contributed by atoms with Crippen LogP contribution in [0.2, 0.25) is 0 Å². The third-order valence-electron chi connectivity index (χ3n) is 7.80. The molecule has 0 aliphatic rings. The number of carboxylic acids is 2. The number of aromatic nitrogens is 3. The van der Waals surface area contributed by atoms with Gasteiger partial charge in [-0.2, -0.15) is 5.10 Å². The number of benzene rings is 2. The van der Waals surface area contributed by atoms with E-state index in [2.05, 4.69) is 4.98 Å². The zero-order valence-corrected chi connectivity index (χ0v) is 25.0. The van der Waals surface area contributed by atoms with Gasteiger partial charge in [-0.05, 0) is 61.0 Å². The lowest BCUT2D eigenvalue weighted by molar-refractivity contribution is -0.167. The molecule has 2 N–H and O–H groups in total. The summed E-state index contributed by atoms with van der Waals surface area (Å²) >= 11 is 1.48. The van der Waals surface area contributed by atoms with E-state index in [1.54, 1.807) is 17.8 Å². The van der Waals surface area contributed by atoms with E-state index < -0.39 is 23.3 Å². The highest BCUT2D eigenvalue weighted by atomic mass is 32.1. The Morgan fingerprint density at radius 1 is 1.02 bits per heavy atom. The van der Waals surface area contributed by atoms with Crippen LogP contribution in [0.25, 0.3) is 22.0 Å². The topological polar surface area (TPSA) is 128 Å². The van der Waals surface area contributed by atoms with Crippen LogP contribution in [0.4, 0.5) is 0 Å². The van der Waals surface area contributed by atoms with E-state index in [1.165, 1.54) is 11.3 Å². The van der Waals surface area contributed by atoms with E-state index in [0.717, 1.165) is 21.7 Å². The first-order valence-electron chi connectivity index (χ1n) is 14.1. The van der Waals surface area contributed by atoms with E-state index in [4.69, 9.17) is 14.3 Å². The van der Waals surface area contributed by atoms with Crippen molar-refractivity contribution in [3.63, 3.8) is 0 Å². The van der Waals surface area contributed by atoms with Gasteiger partial charge in [0.2, 0.25) is 5.89 Å². The Morgan fingerprint density at radius 3 is 2.35 bits per heavy atom. The highest BCUT2D eigenvalue weighted by Crippen LogP contribution is 2.45.